The molecule has 1 aliphatic heterocycles. The molecule has 4 heteroatoms. The van der Waals surface area contributed by atoms with Crippen LogP contribution in [0.5, 0.6) is 0 Å². The third kappa shape index (κ3) is 2.30. The summed E-state index contributed by atoms with van der Waals surface area (Å²) in [6.07, 6.45) is 1.24. The van der Waals surface area contributed by atoms with Crippen LogP contribution in [0.15, 0.2) is 0 Å². The Labute approximate surface area is 69.7 Å². The largest absolute Gasteiger partial charge is 0.325 e. The fourth-order valence-corrected chi connectivity index (χ4v) is 2.39. The van der Waals surface area contributed by atoms with Crippen LogP contribution in [-0.4, -0.2) is 24.0 Å². The molecular formula is C7H13F2NS. The first-order valence-corrected chi connectivity index (χ1v) is 4.98. The standard InChI is InChI=1S/C7H13F2NS/c8-7(9,5-10)6-1-3-11-4-2-6/h6H,1-5,10H2. The van der Waals surface area contributed by atoms with Gasteiger partial charge in [0.2, 0.25) is 0 Å². The van der Waals surface area contributed by atoms with E-state index < -0.39 is 18.4 Å². The summed E-state index contributed by atoms with van der Waals surface area (Å²) in [4.78, 5) is 0. The molecule has 0 saturated carbocycles. The van der Waals surface area contributed by atoms with Crippen molar-refractivity contribution in [2.45, 2.75) is 18.8 Å². The summed E-state index contributed by atoms with van der Waals surface area (Å²) in [5, 5.41) is 0. The van der Waals surface area contributed by atoms with Crippen LogP contribution in [0.3, 0.4) is 0 Å². The second-order valence-electron chi connectivity index (χ2n) is 2.85. The van der Waals surface area contributed by atoms with Gasteiger partial charge in [0.25, 0.3) is 5.92 Å². The first-order chi connectivity index (χ1) is 5.17. The van der Waals surface area contributed by atoms with E-state index in [2.05, 4.69) is 0 Å². The maximum Gasteiger partial charge on any atom is 0.262 e. The van der Waals surface area contributed by atoms with Crippen LogP contribution in [0.4, 0.5) is 8.78 Å². The summed E-state index contributed by atoms with van der Waals surface area (Å²) in [7, 11) is 0. The van der Waals surface area contributed by atoms with Crippen LogP contribution in [0.2, 0.25) is 0 Å². The van der Waals surface area contributed by atoms with Gasteiger partial charge in [0.1, 0.15) is 0 Å². The predicted molar refractivity (Wildman–Crippen MR) is 44.1 cm³/mol. The maximum atomic E-state index is 12.9. The second-order valence-corrected chi connectivity index (χ2v) is 4.08. The highest BCUT2D eigenvalue weighted by Gasteiger charge is 2.38. The highest BCUT2D eigenvalue weighted by molar-refractivity contribution is 7.99. The Morgan fingerprint density at radius 3 is 2.36 bits per heavy atom. The van der Waals surface area contributed by atoms with Crippen LogP contribution in [-0.2, 0) is 0 Å². The van der Waals surface area contributed by atoms with Crippen LogP contribution >= 0.6 is 11.8 Å². The number of alkyl halides is 2. The molecule has 0 radical (unpaired) electrons. The number of rotatable bonds is 2. The number of hydrogen-bond acceptors (Lipinski definition) is 2. The van der Waals surface area contributed by atoms with Gasteiger partial charge in [-0.1, -0.05) is 0 Å². The summed E-state index contributed by atoms with van der Waals surface area (Å²) in [5.41, 5.74) is 4.98. The first kappa shape index (κ1) is 9.26. The molecule has 0 aliphatic carbocycles. The molecule has 0 bridgehead atoms. The Morgan fingerprint density at radius 1 is 1.36 bits per heavy atom. The van der Waals surface area contributed by atoms with E-state index in [9.17, 15) is 8.78 Å². The molecule has 0 atom stereocenters. The summed E-state index contributed by atoms with van der Waals surface area (Å²) >= 11 is 1.75. The van der Waals surface area contributed by atoms with Gasteiger partial charge in [-0.25, -0.2) is 8.78 Å². The molecule has 0 aromatic carbocycles. The fraction of sp³-hybridized carbons (Fsp3) is 1.00. The van der Waals surface area contributed by atoms with E-state index in [0.717, 1.165) is 11.5 Å². The lowest BCUT2D eigenvalue weighted by Crippen LogP contribution is -2.38. The van der Waals surface area contributed by atoms with E-state index in [1.807, 2.05) is 0 Å². The van der Waals surface area contributed by atoms with E-state index in [0.29, 0.717) is 12.8 Å². The van der Waals surface area contributed by atoms with Crippen LogP contribution in [0, 0.1) is 5.92 Å². The smallest absolute Gasteiger partial charge is 0.262 e. The molecule has 11 heavy (non-hydrogen) atoms. The zero-order valence-electron chi connectivity index (χ0n) is 6.35. The fourth-order valence-electron chi connectivity index (χ4n) is 1.29. The lowest BCUT2D eigenvalue weighted by molar-refractivity contribution is -0.0517. The van der Waals surface area contributed by atoms with Crippen molar-refractivity contribution in [3.63, 3.8) is 0 Å². The van der Waals surface area contributed by atoms with Gasteiger partial charge in [-0.05, 0) is 24.3 Å². The Bertz CT molecular complexity index is 124. The molecule has 0 unspecified atom stereocenters. The SMILES string of the molecule is NCC(F)(F)C1CCSCC1. The van der Waals surface area contributed by atoms with E-state index in [4.69, 9.17) is 5.73 Å². The van der Waals surface area contributed by atoms with Gasteiger partial charge >= 0.3 is 0 Å². The average molecular weight is 181 g/mol. The van der Waals surface area contributed by atoms with Crippen molar-refractivity contribution in [1.29, 1.82) is 0 Å². The van der Waals surface area contributed by atoms with Crippen molar-refractivity contribution in [3.05, 3.63) is 0 Å². The monoisotopic (exact) mass is 181 g/mol. The summed E-state index contributed by atoms with van der Waals surface area (Å²) in [6, 6.07) is 0. The number of thioether (sulfide) groups is 1. The summed E-state index contributed by atoms with van der Waals surface area (Å²) < 4.78 is 25.8. The molecule has 0 spiro atoms. The lowest BCUT2D eigenvalue weighted by Gasteiger charge is -2.28. The van der Waals surface area contributed by atoms with E-state index >= 15 is 0 Å². The van der Waals surface area contributed by atoms with Gasteiger partial charge in [-0.15, -0.1) is 0 Å². The molecule has 2 N–H and O–H groups in total. The number of nitrogens with two attached hydrogens (primary N) is 1. The topological polar surface area (TPSA) is 26.0 Å². The molecule has 0 aromatic rings. The number of halogens is 2. The Balaban J connectivity index is 2.43. The minimum Gasteiger partial charge on any atom is -0.325 e. The molecule has 1 heterocycles. The van der Waals surface area contributed by atoms with Crippen molar-refractivity contribution >= 4 is 11.8 Å². The third-order valence-electron chi connectivity index (χ3n) is 2.09. The third-order valence-corrected chi connectivity index (χ3v) is 3.14. The molecule has 1 nitrogen and oxygen atoms in total. The van der Waals surface area contributed by atoms with Crippen molar-refractivity contribution in [2.24, 2.45) is 11.7 Å². The van der Waals surface area contributed by atoms with Gasteiger partial charge < -0.3 is 5.73 Å². The van der Waals surface area contributed by atoms with E-state index in [1.54, 1.807) is 11.8 Å². The van der Waals surface area contributed by atoms with Gasteiger partial charge in [0, 0.05) is 5.92 Å². The lowest BCUT2D eigenvalue weighted by atomic mass is 9.95. The van der Waals surface area contributed by atoms with E-state index in [-0.39, 0.29) is 0 Å². The average Bonchev–Trinajstić information content (AvgIpc) is 2.06. The Morgan fingerprint density at radius 2 is 1.91 bits per heavy atom. The van der Waals surface area contributed by atoms with E-state index in [1.165, 1.54) is 0 Å². The van der Waals surface area contributed by atoms with Gasteiger partial charge in [-0.3, -0.25) is 0 Å². The van der Waals surface area contributed by atoms with Crippen LogP contribution in [0.25, 0.3) is 0 Å². The molecule has 66 valence electrons. The molecule has 1 saturated heterocycles. The second kappa shape index (κ2) is 3.72. The van der Waals surface area contributed by atoms with Gasteiger partial charge in [0.15, 0.2) is 0 Å². The van der Waals surface area contributed by atoms with Crippen LogP contribution < -0.4 is 5.73 Å². The first-order valence-electron chi connectivity index (χ1n) is 3.82. The van der Waals surface area contributed by atoms with Crippen molar-refractivity contribution in [2.75, 3.05) is 18.1 Å². The summed E-state index contributed by atoms with van der Waals surface area (Å²) in [6.45, 7) is -0.498. The zero-order valence-corrected chi connectivity index (χ0v) is 7.17. The predicted octanol–water partition coefficient (Wildman–Crippen LogP) is 1.72. The quantitative estimate of drug-likeness (QED) is 0.702. The maximum absolute atomic E-state index is 12.9. The summed E-state index contributed by atoms with van der Waals surface area (Å²) in [5.74, 6) is -1.37. The molecule has 1 aliphatic rings. The van der Waals surface area contributed by atoms with Crippen molar-refractivity contribution < 1.29 is 8.78 Å². The highest BCUT2D eigenvalue weighted by Crippen LogP contribution is 2.34. The van der Waals surface area contributed by atoms with Crippen molar-refractivity contribution in [1.82, 2.24) is 0 Å². The molecular weight excluding hydrogens is 168 g/mol. The zero-order chi connectivity index (χ0) is 8.32. The Kier molecular flexibility index (Phi) is 3.13. The number of hydrogen-bond donors (Lipinski definition) is 1. The molecule has 0 aromatic heterocycles. The minimum atomic E-state index is -2.62. The highest BCUT2D eigenvalue weighted by atomic mass is 32.2. The molecule has 0 amide bonds. The van der Waals surface area contributed by atoms with Gasteiger partial charge in [-0.2, -0.15) is 11.8 Å². The van der Waals surface area contributed by atoms with Crippen LogP contribution in [0.1, 0.15) is 12.8 Å². The molecule has 1 fully saturated rings. The normalized spacial score (nSPS) is 22.1. The molecule has 1 rings (SSSR count). The van der Waals surface area contributed by atoms with Gasteiger partial charge in [0.05, 0.1) is 6.54 Å². The Hall–Kier alpha value is 0.170. The van der Waals surface area contributed by atoms with Crippen molar-refractivity contribution in [3.8, 4) is 0 Å². The minimum absolute atomic E-state index is 0.464.